The minimum absolute atomic E-state index is 0.120. The summed E-state index contributed by atoms with van der Waals surface area (Å²) in [5.74, 6) is -1.32. The number of Topliss-reactive ketones (excluding diaryl/α,β-unsaturated/α-hetero) is 1. The second-order valence-corrected chi connectivity index (χ2v) is 8.11. The van der Waals surface area contributed by atoms with Crippen molar-refractivity contribution in [1.82, 2.24) is 9.88 Å². The second-order valence-electron chi connectivity index (χ2n) is 6.72. The smallest absolute Gasteiger partial charge is 0.290 e. The number of ketones is 1. The number of imidazole rings is 1. The summed E-state index contributed by atoms with van der Waals surface area (Å²) in [5, 5.41) is 13.0. The maximum absolute atomic E-state index is 13.1. The topological polar surface area (TPSA) is 77.3 Å². The molecule has 3 heterocycles. The summed E-state index contributed by atoms with van der Waals surface area (Å²) in [6, 6.07) is 9.83. The number of H-pyrrole nitrogens is 1. The maximum Gasteiger partial charge on any atom is 0.290 e. The molecule has 0 saturated carbocycles. The number of benzene rings is 1. The van der Waals surface area contributed by atoms with Crippen LogP contribution < -0.4 is 4.57 Å². The van der Waals surface area contributed by atoms with Crippen LogP contribution in [0.25, 0.3) is 0 Å². The maximum atomic E-state index is 13.1. The highest BCUT2D eigenvalue weighted by Crippen LogP contribution is 2.39. The average Bonchev–Trinajstić information content (AvgIpc) is 3.47. The van der Waals surface area contributed by atoms with E-state index in [1.54, 1.807) is 46.7 Å². The number of thiophene rings is 1. The molecule has 0 radical (unpaired) electrons. The van der Waals surface area contributed by atoms with Gasteiger partial charge in [-0.1, -0.05) is 29.8 Å². The third-order valence-corrected chi connectivity index (χ3v) is 6.02. The molecule has 0 fully saturated rings. The molecular weight excluding hydrogens is 410 g/mol. The summed E-state index contributed by atoms with van der Waals surface area (Å²) in [7, 11) is 0. The number of nitrogens with one attached hydrogen (secondary N) is 1. The molecule has 4 rings (SSSR count). The van der Waals surface area contributed by atoms with Crippen LogP contribution >= 0.6 is 22.9 Å². The zero-order valence-corrected chi connectivity index (χ0v) is 17.0. The van der Waals surface area contributed by atoms with Crippen LogP contribution in [0.2, 0.25) is 5.02 Å². The molecule has 0 saturated heterocycles. The molecule has 1 amide bonds. The Labute approximate surface area is 176 Å². The minimum Gasteiger partial charge on any atom is -0.503 e. The fourth-order valence-corrected chi connectivity index (χ4v) is 4.34. The molecule has 1 aliphatic rings. The average molecular weight is 429 g/mol. The van der Waals surface area contributed by atoms with Gasteiger partial charge in [-0.15, -0.1) is 11.3 Å². The van der Waals surface area contributed by atoms with Crippen LogP contribution in [0.4, 0.5) is 0 Å². The molecule has 8 heteroatoms. The molecule has 0 aliphatic carbocycles. The van der Waals surface area contributed by atoms with Crippen LogP contribution in [0.5, 0.6) is 0 Å². The van der Waals surface area contributed by atoms with Gasteiger partial charge in [-0.3, -0.25) is 14.6 Å². The van der Waals surface area contributed by atoms with Gasteiger partial charge in [0, 0.05) is 18.0 Å². The zero-order valence-electron chi connectivity index (χ0n) is 15.4. The third-order valence-electron chi connectivity index (χ3n) is 4.90. The highest BCUT2D eigenvalue weighted by atomic mass is 35.5. The molecule has 0 bridgehead atoms. The molecule has 6 nitrogen and oxygen atoms in total. The predicted octanol–water partition coefficient (Wildman–Crippen LogP) is 3.69. The lowest BCUT2D eigenvalue weighted by Gasteiger charge is -2.26. The molecule has 1 aromatic carbocycles. The number of amides is 1. The number of hydrogen-bond acceptors (Lipinski definition) is 4. The van der Waals surface area contributed by atoms with Gasteiger partial charge in [-0.05, 0) is 29.1 Å². The van der Waals surface area contributed by atoms with Crippen molar-refractivity contribution in [3.63, 3.8) is 0 Å². The van der Waals surface area contributed by atoms with Crippen LogP contribution in [0.1, 0.15) is 27.7 Å². The van der Waals surface area contributed by atoms with E-state index in [1.807, 2.05) is 23.3 Å². The number of nitrogens with zero attached hydrogens (tertiary/aromatic N) is 2. The number of aryl methyl sites for hydroxylation is 1. The van der Waals surface area contributed by atoms with Crippen molar-refractivity contribution in [2.75, 3.05) is 6.54 Å². The van der Waals surface area contributed by atoms with Gasteiger partial charge in [0.15, 0.2) is 5.76 Å². The van der Waals surface area contributed by atoms with Crippen molar-refractivity contribution in [3.8, 4) is 0 Å². The molecule has 2 N–H and O–H groups in total. The Balaban J connectivity index is 1.66. The molecule has 29 heavy (non-hydrogen) atoms. The standard InChI is InChI=1S/C21H18ClN3O3S/c22-15-6-4-14(5-7-15)18-17(19(26)16-3-1-12-29-16)20(27)21(28)25(18)10-2-9-24-11-8-23-13-24/h1,3-8,11-13,18H,2,9-10H2,(H,26,27)/p+1. The van der Waals surface area contributed by atoms with Gasteiger partial charge in [0.1, 0.15) is 12.4 Å². The first-order valence-corrected chi connectivity index (χ1v) is 10.4. The Morgan fingerprint density at radius 2 is 2.07 bits per heavy atom. The highest BCUT2D eigenvalue weighted by molar-refractivity contribution is 7.12. The number of aromatic nitrogens is 2. The third kappa shape index (κ3) is 3.83. The van der Waals surface area contributed by atoms with Crippen molar-refractivity contribution in [2.24, 2.45) is 0 Å². The van der Waals surface area contributed by atoms with Crippen LogP contribution in [0, 0.1) is 0 Å². The quantitative estimate of drug-likeness (QED) is 0.445. The summed E-state index contributed by atoms with van der Waals surface area (Å²) in [5.41, 5.74) is 0.857. The fraction of sp³-hybridized carbons (Fsp3) is 0.190. The van der Waals surface area contributed by atoms with E-state index in [4.69, 9.17) is 11.6 Å². The van der Waals surface area contributed by atoms with Crippen molar-refractivity contribution in [1.29, 1.82) is 0 Å². The Morgan fingerprint density at radius 3 is 2.72 bits per heavy atom. The number of hydrogen-bond donors (Lipinski definition) is 2. The molecular formula is C21H19ClN3O3S+. The Morgan fingerprint density at radius 1 is 1.28 bits per heavy atom. The monoisotopic (exact) mass is 428 g/mol. The summed E-state index contributed by atoms with van der Waals surface area (Å²) in [6.07, 6.45) is 6.24. The van der Waals surface area contributed by atoms with Crippen molar-refractivity contribution >= 4 is 34.6 Å². The van der Waals surface area contributed by atoms with E-state index in [-0.39, 0.29) is 11.4 Å². The van der Waals surface area contributed by atoms with E-state index in [1.165, 1.54) is 11.3 Å². The van der Waals surface area contributed by atoms with Crippen LogP contribution in [-0.4, -0.2) is 33.2 Å². The van der Waals surface area contributed by atoms with Gasteiger partial charge in [0.05, 0.1) is 23.0 Å². The lowest BCUT2D eigenvalue weighted by atomic mass is 9.95. The summed E-state index contributed by atoms with van der Waals surface area (Å²) < 4.78 is 1.98. The zero-order chi connectivity index (χ0) is 20.4. The summed E-state index contributed by atoms with van der Waals surface area (Å²) >= 11 is 7.31. The molecule has 1 atom stereocenters. The molecule has 1 aliphatic heterocycles. The van der Waals surface area contributed by atoms with Gasteiger partial charge >= 0.3 is 0 Å². The van der Waals surface area contributed by atoms with E-state index >= 15 is 0 Å². The predicted molar refractivity (Wildman–Crippen MR) is 110 cm³/mol. The molecule has 2 aromatic heterocycles. The van der Waals surface area contributed by atoms with E-state index in [0.29, 0.717) is 29.4 Å². The highest BCUT2D eigenvalue weighted by Gasteiger charge is 2.43. The number of aliphatic hydroxyl groups excluding tert-OH is 1. The molecule has 0 spiro atoms. The van der Waals surface area contributed by atoms with Crippen molar-refractivity contribution < 1.29 is 19.3 Å². The van der Waals surface area contributed by atoms with Gasteiger partial charge in [-0.2, -0.15) is 0 Å². The Kier molecular flexibility index (Phi) is 5.51. The first-order chi connectivity index (χ1) is 14.1. The number of aromatic amines is 1. The van der Waals surface area contributed by atoms with Crippen molar-refractivity contribution in [2.45, 2.75) is 19.0 Å². The number of aliphatic hydroxyl groups is 1. The number of carbonyl (C=O) groups is 2. The van der Waals surface area contributed by atoms with Crippen LogP contribution in [0.15, 0.2) is 71.8 Å². The summed E-state index contributed by atoms with van der Waals surface area (Å²) in [6.45, 7) is 1.10. The lowest BCUT2D eigenvalue weighted by Crippen LogP contribution is -2.36. The lowest BCUT2D eigenvalue weighted by molar-refractivity contribution is -0.695. The Hall–Kier alpha value is -2.90. The molecule has 1 unspecified atom stereocenters. The van der Waals surface area contributed by atoms with Gasteiger partial charge in [0.25, 0.3) is 5.91 Å². The van der Waals surface area contributed by atoms with Gasteiger partial charge in [0.2, 0.25) is 12.1 Å². The molecule has 148 valence electrons. The van der Waals surface area contributed by atoms with E-state index in [0.717, 1.165) is 5.56 Å². The van der Waals surface area contributed by atoms with E-state index in [2.05, 4.69) is 4.98 Å². The van der Waals surface area contributed by atoms with Crippen LogP contribution in [0.3, 0.4) is 0 Å². The summed E-state index contributed by atoms with van der Waals surface area (Å²) in [4.78, 5) is 31.0. The first kappa shape index (κ1) is 19.4. The Bertz CT molecular complexity index is 1040. The number of carbonyl (C=O) groups excluding carboxylic acids is 2. The SMILES string of the molecule is O=C(C1=C(O)C(=O)N(CCC[n+]2cc[nH]c2)C1c1ccc(Cl)cc1)c1cccs1. The van der Waals surface area contributed by atoms with Crippen LogP contribution in [-0.2, 0) is 11.3 Å². The number of halogens is 1. The van der Waals surface area contributed by atoms with Gasteiger partial charge in [-0.25, -0.2) is 4.57 Å². The largest absolute Gasteiger partial charge is 0.503 e. The van der Waals surface area contributed by atoms with Crippen molar-refractivity contribution in [3.05, 3.63) is 87.3 Å². The fourth-order valence-electron chi connectivity index (χ4n) is 3.53. The van der Waals surface area contributed by atoms with E-state index < -0.39 is 17.7 Å². The van der Waals surface area contributed by atoms with Gasteiger partial charge < -0.3 is 10.0 Å². The number of rotatable bonds is 7. The first-order valence-electron chi connectivity index (χ1n) is 9.16. The molecule has 3 aromatic rings. The van der Waals surface area contributed by atoms with E-state index in [9.17, 15) is 14.7 Å². The minimum atomic E-state index is -0.648. The normalized spacial score (nSPS) is 16.7. The second kappa shape index (κ2) is 8.23.